The van der Waals surface area contributed by atoms with Gasteiger partial charge in [-0.05, 0) is 17.6 Å². The van der Waals surface area contributed by atoms with Crippen LogP contribution in [0.2, 0.25) is 0 Å². The van der Waals surface area contributed by atoms with Gasteiger partial charge in [-0.15, -0.1) is 0 Å². The molecule has 0 saturated heterocycles. The minimum atomic E-state index is -3.01. The molecule has 0 spiro atoms. The molecule has 1 aromatic carbocycles. The van der Waals surface area contributed by atoms with Gasteiger partial charge in [-0.3, -0.25) is 14.7 Å². The summed E-state index contributed by atoms with van der Waals surface area (Å²) in [7, 11) is 0. The maximum Gasteiger partial charge on any atom is 0.275 e. The van der Waals surface area contributed by atoms with Crippen molar-refractivity contribution < 1.29 is 14.6 Å². The molecule has 0 aliphatic carbocycles. The second-order valence-electron chi connectivity index (χ2n) is 3.56. The average molecular weight is 321 g/mol. The van der Waals surface area contributed by atoms with Gasteiger partial charge < -0.3 is 5.11 Å². The van der Waals surface area contributed by atoms with E-state index < -0.39 is 16.3 Å². The fourth-order valence-corrected chi connectivity index (χ4v) is 9.70. The molecule has 0 aromatic heterocycles. The summed E-state index contributed by atoms with van der Waals surface area (Å²) in [6, 6.07) is 5.90. The zero-order chi connectivity index (χ0) is 14.5. The standard InChI is InChI=1S/C11H16NO4PS2/c1-3-18-17(16,19-4-2)11(13)9-7-5-6-8-10(9)12(14)15/h5-8,11,13H,3-4H2,1-2H3. The summed E-state index contributed by atoms with van der Waals surface area (Å²) in [5.41, 5.74) is -3.08. The Morgan fingerprint density at radius 1 is 1.32 bits per heavy atom. The van der Waals surface area contributed by atoms with Crippen molar-refractivity contribution in [2.45, 2.75) is 19.7 Å². The lowest BCUT2D eigenvalue weighted by Crippen LogP contribution is -2.01. The van der Waals surface area contributed by atoms with Gasteiger partial charge in [0, 0.05) is 6.07 Å². The number of para-hydroxylation sites is 1. The van der Waals surface area contributed by atoms with E-state index >= 15 is 0 Å². The molecule has 0 aliphatic rings. The summed E-state index contributed by atoms with van der Waals surface area (Å²) in [5.74, 6) is -0.145. The first kappa shape index (κ1) is 16.6. The van der Waals surface area contributed by atoms with Gasteiger partial charge in [-0.1, -0.05) is 48.7 Å². The number of nitrogens with zero attached hydrogens (tertiary/aromatic N) is 1. The van der Waals surface area contributed by atoms with E-state index in [1.165, 1.54) is 41.0 Å². The molecule has 106 valence electrons. The van der Waals surface area contributed by atoms with Gasteiger partial charge in [0.2, 0.25) is 5.55 Å². The first-order chi connectivity index (χ1) is 8.96. The molecule has 1 aromatic rings. The number of nitro benzene ring substituents is 1. The van der Waals surface area contributed by atoms with Crippen molar-refractivity contribution in [2.75, 3.05) is 11.5 Å². The van der Waals surface area contributed by atoms with Crippen LogP contribution in [0, 0.1) is 10.1 Å². The zero-order valence-electron chi connectivity index (χ0n) is 10.7. The first-order valence-electron chi connectivity index (χ1n) is 5.76. The monoisotopic (exact) mass is 321 g/mol. The van der Waals surface area contributed by atoms with Crippen LogP contribution < -0.4 is 0 Å². The van der Waals surface area contributed by atoms with Crippen molar-refractivity contribution in [3.63, 3.8) is 0 Å². The van der Waals surface area contributed by atoms with E-state index in [1.54, 1.807) is 6.07 Å². The Morgan fingerprint density at radius 2 is 1.84 bits per heavy atom. The summed E-state index contributed by atoms with van der Waals surface area (Å²) in [5, 5.41) is 21.3. The molecule has 8 heteroatoms. The van der Waals surface area contributed by atoms with Crippen LogP contribution in [0.4, 0.5) is 5.69 Å². The number of aliphatic hydroxyl groups excluding tert-OH is 1. The smallest absolute Gasteiger partial charge is 0.275 e. The topological polar surface area (TPSA) is 80.4 Å². The van der Waals surface area contributed by atoms with Crippen LogP contribution in [0.15, 0.2) is 24.3 Å². The van der Waals surface area contributed by atoms with Crippen molar-refractivity contribution in [1.82, 2.24) is 0 Å². The van der Waals surface area contributed by atoms with Crippen LogP contribution in [0.3, 0.4) is 0 Å². The van der Waals surface area contributed by atoms with Crippen molar-refractivity contribution in [3.05, 3.63) is 39.9 Å². The number of hydrogen-bond donors (Lipinski definition) is 1. The molecule has 0 aliphatic heterocycles. The minimum Gasteiger partial charge on any atom is -0.379 e. The molecule has 0 radical (unpaired) electrons. The largest absolute Gasteiger partial charge is 0.379 e. The van der Waals surface area contributed by atoms with Crippen LogP contribution in [-0.2, 0) is 4.57 Å². The second kappa shape index (κ2) is 7.33. The third kappa shape index (κ3) is 3.99. The van der Waals surface area contributed by atoms with Crippen molar-refractivity contribution in [1.29, 1.82) is 0 Å². The van der Waals surface area contributed by atoms with E-state index in [0.29, 0.717) is 11.5 Å². The highest BCUT2D eigenvalue weighted by Gasteiger charge is 2.36. The van der Waals surface area contributed by atoms with Gasteiger partial charge in [0.1, 0.15) is 0 Å². The molecular formula is C11H16NO4PS2. The van der Waals surface area contributed by atoms with E-state index in [4.69, 9.17) is 0 Å². The van der Waals surface area contributed by atoms with E-state index in [2.05, 4.69) is 0 Å². The van der Waals surface area contributed by atoms with Crippen LogP contribution in [0.25, 0.3) is 0 Å². The lowest BCUT2D eigenvalue weighted by Gasteiger charge is -2.21. The van der Waals surface area contributed by atoms with Crippen LogP contribution in [0.5, 0.6) is 0 Å². The van der Waals surface area contributed by atoms with Crippen molar-refractivity contribution >= 4 is 34.0 Å². The summed E-state index contributed by atoms with van der Waals surface area (Å²) in [6.45, 7) is 3.69. The van der Waals surface area contributed by atoms with Crippen LogP contribution in [0.1, 0.15) is 25.3 Å². The summed E-state index contributed by atoms with van der Waals surface area (Å²) >= 11 is 2.35. The Hall–Kier alpha value is -0.490. The maximum absolute atomic E-state index is 12.7. The number of rotatable bonds is 7. The molecule has 0 amide bonds. The maximum atomic E-state index is 12.7. The molecular weight excluding hydrogens is 305 g/mol. The number of aliphatic hydroxyl groups is 1. The lowest BCUT2D eigenvalue weighted by atomic mass is 10.2. The molecule has 19 heavy (non-hydrogen) atoms. The summed E-state index contributed by atoms with van der Waals surface area (Å²) in [4.78, 5) is 10.4. The SMILES string of the molecule is CCSP(=O)(SCC)C(O)c1ccccc1[N+](=O)[O-]. The van der Waals surface area contributed by atoms with Crippen LogP contribution in [-0.4, -0.2) is 21.5 Å². The highest BCUT2D eigenvalue weighted by Crippen LogP contribution is 2.76. The van der Waals surface area contributed by atoms with Gasteiger partial charge >= 0.3 is 0 Å². The summed E-state index contributed by atoms with van der Waals surface area (Å²) < 4.78 is 12.7. The molecule has 0 fully saturated rings. The van der Waals surface area contributed by atoms with Gasteiger partial charge in [0.15, 0.2) is 5.85 Å². The van der Waals surface area contributed by atoms with Crippen molar-refractivity contribution in [2.24, 2.45) is 0 Å². The molecule has 1 atom stereocenters. The Balaban J connectivity index is 3.20. The quantitative estimate of drug-likeness (QED) is 0.458. The molecule has 1 unspecified atom stereocenters. The molecule has 5 nitrogen and oxygen atoms in total. The fraction of sp³-hybridized carbons (Fsp3) is 0.455. The molecule has 0 saturated carbocycles. The van der Waals surface area contributed by atoms with E-state index in [9.17, 15) is 19.8 Å². The van der Waals surface area contributed by atoms with Crippen LogP contribution >= 0.6 is 28.3 Å². The molecule has 0 bridgehead atoms. The van der Waals surface area contributed by atoms with Gasteiger partial charge in [-0.2, -0.15) is 0 Å². The van der Waals surface area contributed by atoms with Gasteiger partial charge in [-0.25, -0.2) is 0 Å². The average Bonchev–Trinajstić information content (AvgIpc) is 2.38. The zero-order valence-corrected chi connectivity index (χ0v) is 13.2. The predicted molar refractivity (Wildman–Crippen MR) is 81.9 cm³/mol. The third-order valence-electron chi connectivity index (χ3n) is 2.33. The Bertz CT molecular complexity index is 487. The Labute approximate surface area is 120 Å². The lowest BCUT2D eigenvalue weighted by molar-refractivity contribution is -0.385. The molecule has 1 N–H and O–H groups in total. The minimum absolute atomic E-state index is 0.123. The van der Waals surface area contributed by atoms with Gasteiger partial charge in [0.25, 0.3) is 5.69 Å². The highest BCUT2D eigenvalue weighted by atomic mass is 33.1. The second-order valence-corrected chi connectivity index (χ2v) is 12.3. The summed E-state index contributed by atoms with van der Waals surface area (Å²) in [6.07, 6.45) is 0. The predicted octanol–water partition coefficient (Wildman–Crippen LogP) is 4.29. The normalized spacial score (nSPS) is 13.2. The number of hydrogen-bond acceptors (Lipinski definition) is 6. The number of benzene rings is 1. The first-order valence-corrected chi connectivity index (χ1v) is 10.7. The van der Waals surface area contributed by atoms with Crippen molar-refractivity contribution in [3.8, 4) is 0 Å². The molecule has 1 rings (SSSR count). The van der Waals surface area contributed by atoms with Gasteiger partial charge in [0.05, 0.1) is 10.5 Å². The third-order valence-corrected chi connectivity index (χ3v) is 11.2. The Morgan fingerprint density at radius 3 is 2.32 bits per heavy atom. The van der Waals surface area contributed by atoms with E-state index in [1.807, 2.05) is 13.8 Å². The number of nitro groups is 1. The Kier molecular flexibility index (Phi) is 6.39. The molecule has 0 heterocycles. The van der Waals surface area contributed by atoms with E-state index in [-0.39, 0.29) is 11.3 Å². The van der Waals surface area contributed by atoms with E-state index in [0.717, 1.165) is 0 Å². The highest BCUT2D eigenvalue weighted by molar-refractivity contribution is 8.90. The fourth-order valence-electron chi connectivity index (χ4n) is 1.58.